The molecule has 1 saturated heterocycles. The smallest absolute Gasteiger partial charge is 0.119 e. The molecule has 2 rings (SSSR count). The number of nitrogens with one attached hydrogen (secondary N) is 1. The summed E-state index contributed by atoms with van der Waals surface area (Å²) in [6, 6.07) is 9.11. The standard InChI is InChI=1S/C17H28N2O/c1-3-20-17-9-6-8-16(13-17)14-18-10-12-19-11-5-4-7-15(19)2/h6,8-9,13,15,18H,3-5,7,10-12,14H2,1-2H3. The highest BCUT2D eigenvalue weighted by molar-refractivity contribution is 5.28. The van der Waals surface area contributed by atoms with Crippen LogP contribution < -0.4 is 10.1 Å². The largest absolute Gasteiger partial charge is 0.494 e. The number of piperidine rings is 1. The average Bonchev–Trinajstić information content (AvgIpc) is 2.46. The van der Waals surface area contributed by atoms with Crippen LogP contribution in [0.5, 0.6) is 5.75 Å². The van der Waals surface area contributed by atoms with E-state index in [1.54, 1.807) is 0 Å². The van der Waals surface area contributed by atoms with Gasteiger partial charge in [0.05, 0.1) is 6.61 Å². The SMILES string of the molecule is CCOc1cccc(CNCCN2CCCCC2C)c1. The van der Waals surface area contributed by atoms with Crippen LogP contribution in [0.3, 0.4) is 0 Å². The number of hydrogen-bond donors (Lipinski definition) is 1. The van der Waals surface area contributed by atoms with Gasteiger partial charge < -0.3 is 10.1 Å². The van der Waals surface area contributed by atoms with E-state index in [-0.39, 0.29) is 0 Å². The van der Waals surface area contributed by atoms with Crippen molar-refractivity contribution in [2.45, 2.75) is 45.7 Å². The van der Waals surface area contributed by atoms with E-state index in [1.165, 1.54) is 31.4 Å². The summed E-state index contributed by atoms with van der Waals surface area (Å²) < 4.78 is 5.53. The Hall–Kier alpha value is -1.06. The average molecular weight is 276 g/mol. The van der Waals surface area contributed by atoms with Gasteiger partial charge in [-0.05, 0) is 50.9 Å². The van der Waals surface area contributed by atoms with Crippen molar-refractivity contribution in [1.29, 1.82) is 0 Å². The monoisotopic (exact) mass is 276 g/mol. The minimum absolute atomic E-state index is 0.726. The van der Waals surface area contributed by atoms with Crippen molar-refractivity contribution in [1.82, 2.24) is 10.2 Å². The molecule has 1 heterocycles. The Morgan fingerprint density at radius 1 is 1.35 bits per heavy atom. The molecule has 1 N–H and O–H groups in total. The van der Waals surface area contributed by atoms with Crippen LogP contribution in [0.4, 0.5) is 0 Å². The fourth-order valence-corrected chi connectivity index (χ4v) is 2.86. The Kier molecular flexibility index (Phi) is 6.34. The molecule has 1 aliphatic heterocycles. The van der Waals surface area contributed by atoms with Gasteiger partial charge in [-0.2, -0.15) is 0 Å². The number of likely N-dealkylation sites (tertiary alicyclic amines) is 1. The molecule has 20 heavy (non-hydrogen) atoms. The van der Waals surface area contributed by atoms with E-state index in [4.69, 9.17) is 4.74 Å². The van der Waals surface area contributed by atoms with E-state index in [0.717, 1.165) is 38.0 Å². The lowest BCUT2D eigenvalue weighted by atomic mass is 10.0. The lowest BCUT2D eigenvalue weighted by Gasteiger charge is -2.33. The minimum Gasteiger partial charge on any atom is -0.494 e. The predicted octanol–water partition coefficient (Wildman–Crippen LogP) is 3.05. The Balaban J connectivity index is 1.68. The Bertz CT molecular complexity index is 394. The second-order valence-electron chi connectivity index (χ2n) is 5.64. The van der Waals surface area contributed by atoms with Crippen LogP contribution >= 0.6 is 0 Å². The summed E-state index contributed by atoms with van der Waals surface area (Å²) in [6.45, 7) is 9.50. The molecule has 1 unspecified atom stereocenters. The van der Waals surface area contributed by atoms with E-state index in [2.05, 4.69) is 35.3 Å². The van der Waals surface area contributed by atoms with Gasteiger partial charge in [0.25, 0.3) is 0 Å². The molecule has 3 heteroatoms. The first-order valence-electron chi connectivity index (χ1n) is 7.96. The molecule has 1 aliphatic rings. The summed E-state index contributed by atoms with van der Waals surface area (Å²) in [5, 5.41) is 3.54. The molecule has 0 spiro atoms. The second-order valence-corrected chi connectivity index (χ2v) is 5.64. The van der Waals surface area contributed by atoms with Gasteiger partial charge in [-0.15, -0.1) is 0 Å². The molecule has 0 aromatic heterocycles. The lowest BCUT2D eigenvalue weighted by Crippen LogP contribution is -2.41. The van der Waals surface area contributed by atoms with Crippen molar-refractivity contribution in [3.05, 3.63) is 29.8 Å². The van der Waals surface area contributed by atoms with E-state index >= 15 is 0 Å². The van der Waals surface area contributed by atoms with Crippen molar-refractivity contribution in [2.75, 3.05) is 26.2 Å². The maximum absolute atomic E-state index is 5.53. The van der Waals surface area contributed by atoms with Crippen LogP contribution in [0.15, 0.2) is 24.3 Å². The fraction of sp³-hybridized carbons (Fsp3) is 0.647. The number of benzene rings is 1. The summed E-state index contributed by atoms with van der Waals surface area (Å²) in [6.07, 6.45) is 4.12. The Morgan fingerprint density at radius 2 is 2.25 bits per heavy atom. The summed E-state index contributed by atoms with van der Waals surface area (Å²) in [4.78, 5) is 2.60. The molecule has 1 atom stereocenters. The molecule has 0 radical (unpaired) electrons. The zero-order chi connectivity index (χ0) is 14.2. The minimum atomic E-state index is 0.726. The number of nitrogens with zero attached hydrogens (tertiary/aromatic N) is 1. The van der Waals surface area contributed by atoms with Crippen molar-refractivity contribution >= 4 is 0 Å². The van der Waals surface area contributed by atoms with Crippen LogP contribution in [0.1, 0.15) is 38.7 Å². The molecular weight excluding hydrogens is 248 g/mol. The van der Waals surface area contributed by atoms with Crippen molar-refractivity contribution in [2.24, 2.45) is 0 Å². The number of ether oxygens (including phenoxy) is 1. The number of rotatable bonds is 7. The van der Waals surface area contributed by atoms with Gasteiger partial charge in [0, 0.05) is 25.7 Å². The first-order chi connectivity index (χ1) is 9.79. The predicted molar refractivity (Wildman–Crippen MR) is 84.2 cm³/mol. The normalized spacial score (nSPS) is 20.0. The van der Waals surface area contributed by atoms with E-state index in [9.17, 15) is 0 Å². The van der Waals surface area contributed by atoms with Gasteiger partial charge in [0.2, 0.25) is 0 Å². The molecule has 0 saturated carbocycles. The van der Waals surface area contributed by atoms with Gasteiger partial charge >= 0.3 is 0 Å². The van der Waals surface area contributed by atoms with Crippen LogP contribution in [-0.4, -0.2) is 37.2 Å². The maximum atomic E-state index is 5.53. The summed E-state index contributed by atoms with van der Waals surface area (Å²) >= 11 is 0. The summed E-state index contributed by atoms with van der Waals surface area (Å²) in [7, 11) is 0. The van der Waals surface area contributed by atoms with Gasteiger partial charge in [0.15, 0.2) is 0 Å². The molecule has 1 aromatic carbocycles. The molecule has 1 aromatic rings. The van der Waals surface area contributed by atoms with Crippen LogP contribution in [-0.2, 0) is 6.54 Å². The third-order valence-corrected chi connectivity index (χ3v) is 4.05. The van der Waals surface area contributed by atoms with Crippen molar-refractivity contribution < 1.29 is 4.74 Å². The molecule has 0 bridgehead atoms. The third-order valence-electron chi connectivity index (χ3n) is 4.05. The molecule has 0 aliphatic carbocycles. The lowest BCUT2D eigenvalue weighted by molar-refractivity contribution is 0.161. The van der Waals surface area contributed by atoms with Gasteiger partial charge in [-0.3, -0.25) is 4.90 Å². The highest BCUT2D eigenvalue weighted by Gasteiger charge is 2.16. The van der Waals surface area contributed by atoms with Crippen LogP contribution in [0.25, 0.3) is 0 Å². The zero-order valence-electron chi connectivity index (χ0n) is 12.9. The number of hydrogen-bond acceptors (Lipinski definition) is 3. The molecule has 112 valence electrons. The first kappa shape index (κ1) is 15.3. The van der Waals surface area contributed by atoms with Crippen molar-refractivity contribution in [3.8, 4) is 5.75 Å². The van der Waals surface area contributed by atoms with E-state index in [0.29, 0.717) is 0 Å². The second kappa shape index (κ2) is 8.28. The fourth-order valence-electron chi connectivity index (χ4n) is 2.86. The summed E-state index contributed by atoms with van der Waals surface area (Å²) in [5.74, 6) is 0.969. The Labute approximate surface area is 123 Å². The first-order valence-corrected chi connectivity index (χ1v) is 7.96. The van der Waals surface area contributed by atoms with Crippen LogP contribution in [0.2, 0.25) is 0 Å². The quantitative estimate of drug-likeness (QED) is 0.775. The third kappa shape index (κ3) is 4.80. The van der Waals surface area contributed by atoms with E-state index in [1.807, 2.05) is 13.0 Å². The highest BCUT2D eigenvalue weighted by atomic mass is 16.5. The van der Waals surface area contributed by atoms with E-state index < -0.39 is 0 Å². The van der Waals surface area contributed by atoms with Crippen molar-refractivity contribution in [3.63, 3.8) is 0 Å². The molecular formula is C17H28N2O. The van der Waals surface area contributed by atoms with Gasteiger partial charge in [-0.25, -0.2) is 0 Å². The maximum Gasteiger partial charge on any atom is 0.119 e. The van der Waals surface area contributed by atoms with Gasteiger partial charge in [-0.1, -0.05) is 18.6 Å². The highest BCUT2D eigenvalue weighted by Crippen LogP contribution is 2.15. The molecule has 0 amide bonds. The zero-order valence-corrected chi connectivity index (χ0v) is 12.9. The van der Waals surface area contributed by atoms with Gasteiger partial charge in [0.1, 0.15) is 5.75 Å². The summed E-state index contributed by atoms with van der Waals surface area (Å²) in [5.41, 5.74) is 1.29. The molecule has 3 nitrogen and oxygen atoms in total. The van der Waals surface area contributed by atoms with Crippen LogP contribution in [0, 0.1) is 0 Å². The Morgan fingerprint density at radius 3 is 3.05 bits per heavy atom. The molecule has 1 fully saturated rings. The topological polar surface area (TPSA) is 24.5 Å².